The average Bonchev–Trinajstić information content (AvgIpc) is 2.52. The van der Waals surface area contributed by atoms with Gasteiger partial charge in [0.2, 0.25) is 12.5 Å². The van der Waals surface area contributed by atoms with Gasteiger partial charge in [0.05, 0.1) is 0 Å². The molecule has 0 aliphatic heterocycles. The van der Waals surface area contributed by atoms with Gasteiger partial charge in [0.1, 0.15) is 6.54 Å². The van der Waals surface area contributed by atoms with Gasteiger partial charge in [-0.1, -0.05) is 0 Å². The minimum Gasteiger partial charge on any atom is -0.268 e. The van der Waals surface area contributed by atoms with Crippen molar-refractivity contribution < 1.29 is 9.71 Å². The predicted octanol–water partition coefficient (Wildman–Crippen LogP) is -1.85. The zero-order valence-electron chi connectivity index (χ0n) is 7.49. The Bertz CT molecular complexity index is 327. The number of aryl methyl sites for hydroxylation is 1. The van der Waals surface area contributed by atoms with Crippen LogP contribution in [0.2, 0.25) is 0 Å². The first-order valence-electron chi connectivity index (χ1n) is 3.58. The number of nitrogens with zero attached hydrogens (tertiary/aromatic N) is 5. The molecule has 0 aromatic carbocycles. The third-order valence-electron chi connectivity index (χ3n) is 1.07. The topological polar surface area (TPSA) is 127 Å². The fraction of sp³-hybridized carbons (Fsp3) is 0.400. The molecular weight excluding hydrogens is 190 g/mol. The summed E-state index contributed by atoms with van der Waals surface area (Å²) in [6.07, 6.45) is 4.40. The minimum atomic E-state index is -0.931. The first-order valence-corrected chi connectivity index (χ1v) is 3.58. The molecule has 0 amide bonds. The molecule has 1 aromatic rings. The van der Waals surface area contributed by atoms with Gasteiger partial charge in [0, 0.05) is 0 Å². The Morgan fingerprint density at radius 3 is 2.71 bits per heavy atom. The van der Waals surface area contributed by atoms with Crippen LogP contribution in [0.25, 0.3) is 0 Å². The number of hydrogen-bond donors (Lipinski definition) is 2. The lowest BCUT2D eigenvalue weighted by atomic mass is 10.8. The fourth-order valence-corrected chi connectivity index (χ4v) is 0.544. The molecule has 14 heavy (non-hydrogen) atoms. The maximum absolute atomic E-state index is 9.07. The largest absolute Gasteiger partial charge is 0.289 e. The SMILES string of the molecule is CC[n+]1cn(N)cn1.N#CN[N+](=O)[O-]. The number of hydrogen-bond acceptors (Lipinski definition) is 5. The molecule has 0 aliphatic carbocycles. The smallest absolute Gasteiger partial charge is 0.268 e. The van der Waals surface area contributed by atoms with Crippen molar-refractivity contribution in [2.75, 3.05) is 5.84 Å². The molecule has 0 aliphatic rings. The van der Waals surface area contributed by atoms with Gasteiger partial charge in [-0.25, -0.2) is 10.1 Å². The highest BCUT2D eigenvalue weighted by molar-refractivity contribution is 4.51. The maximum Gasteiger partial charge on any atom is 0.289 e. The molecular formula is C5H10N7O2+. The molecule has 1 aromatic heterocycles. The molecule has 0 spiro atoms. The molecule has 0 saturated heterocycles. The number of nitrogens with two attached hydrogens (primary N) is 1. The van der Waals surface area contributed by atoms with Crippen molar-refractivity contribution in [1.82, 2.24) is 15.2 Å². The first-order chi connectivity index (χ1) is 6.60. The summed E-state index contributed by atoms with van der Waals surface area (Å²) in [6.45, 7) is 2.87. The molecule has 9 nitrogen and oxygen atoms in total. The summed E-state index contributed by atoms with van der Waals surface area (Å²) < 4.78 is 3.17. The van der Waals surface area contributed by atoms with E-state index in [2.05, 4.69) is 5.10 Å². The van der Waals surface area contributed by atoms with Crippen LogP contribution in [0.5, 0.6) is 0 Å². The molecule has 9 heteroatoms. The Labute approximate surface area is 79.4 Å². The molecule has 0 atom stereocenters. The molecule has 1 heterocycles. The second kappa shape index (κ2) is 6.18. The van der Waals surface area contributed by atoms with E-state index in [1.165, 1.54) is 10.1 Å². The normalized spacial score (nSPS) is 8.00. The van der Waals surface area contributed by atoms with Gasteiger partial charge in [-0.15, -0.1) is 9.36 Å². The second-order valence-corrected chi connectivity index (χ2v) is 2.03. The van der Waals surface area contributed by atoms with Gasteiger partial charge < -0.3 is 0 Å². The number of aromatic nitrogens is 3. The highest BCUT2D eigenvalue weighted by atomic mass is 16.7. The van der Waals surface area contributed by atoms with Gasteiger partial charge in [-0.3, -0.25) is 5.84 Å². The number of nitriles is 1. The molecule has 0 radical (unpaired) electrons. The second-order valence-electron chi connectivity index (χ2n) is 2.03. The highest BCUT2D eigenvalue weighted by Gasteiger charge is 1.95. The zero-order valence-corrected chi connectivity index (χ0v) is 7.49. The van der Waals surface area contributed by atoms with Gasteiger partial charge in [0.25, 0.3) is 6.33 Å². The Morgan fingerprint density at radius 1 is 1.93 bits per heavy atom. The number of nitrogens with one attached hydrogen (secondary N) is 1. The van der Waals surface area contributed by atoms with Crippen molar-refractivity contribution in [3.05, 3.63) is 22.8 Å². The molecule has 0 saturated carbocycles. The standard InChI is InChI=1S/C4H9N4.CHN3O2/c1-2-8-4-7(5)3-6-8;2-1-3-4(5)6/h3-4H,2,5H2,1H3;3H/q+1;. The highest BCUT2D eigenvalue weighted by Crippen LogP contribution is 1.64. The molecule has 76 valence electrons. The van der Waals surface area contributed by atoms with Crippen LogP contribution in [-0.2, 0) is 6.54 Å². The van der Waals surface area contributed by atoms with E-state index < -0.39 is 5.03 Å². The van der Waals surface area contributed by atoms with Crippen molar-refractivity contribution in [3.63, 3.8) is 0 Å². The monoisotopic (exact) mass is 200 g/mol. The number of nitrogen functional groups attached to an aromatic ring is 1. The number of hydrazine groups is 1. The van der Waals surface area contributed by atoms with E-state index in [-0.39, 0.29) is 0 Å². The summed E-state index contributed by atoms with van der Waals surface area (Å²) in [4.78, 5) is 9.07. The summed E-state index contributed by atoms with van der Waals surface area (Å²) in [6, 6.07) is 0. The van der Waals surface area contributed by atoms with Crippen molar-refractivity contribution in [2.24, 2.45) is 0 Å². The van der Waals surface area contributed by atoms with Crippen LogP contribution in [0.15, 0.2) is 12.7 Å². The van der Waals surface area contributed by atoms with Gasteiger partial charge >= 0.3 is 0 Å². The van der Waals surface area contributed by atoms with Crippen LogP contribution in [-0.4, -0.2) is 14.8 Å². The summed E-state index contributed by atoms with van der Waals surface area (Å²) in [5, 5.41) is 19.5. The summed E-state index contributed by atoms with van der Waals surface area (Å²) in [5.74, 6) is 5.29. The summed E-state index contributed by atoms with van der Waals surface area (Å²) in [5.41, 5.74) is 1.24. The Hall–Kier alpha value is -2.37. The van der Waals surface area contributed by atoms with Crippen molar-refractivity contribution in [1.29, 1.82) is 5.26 Å². The molecule has 1 rings (SSSR count). The lowest BCUT2D eigenvalue weighted by Gasteiger charge is -1.77. The van der Waals surface area contributed by atoms with Crippen LogP contribution < -0.4 is 16.0 Å². The van der Waals surface area contributed by atoms with Crippen LogP contribution in [0.1, 0.15) is 6.92 Å². The Morgan fingerprint density at radius 2 is 2.57 bits per heavy atom. The van der Waals surface area contributed by atoms with E-state index in [4.69, 9.17) is 21.2 Å². The zero-order chi connectivity index (χ0) is 11.0. The van der Waals surface area contributed by atoms with Crippen LogP contribution >= 0.6 is 0 Å². The average molecular weight is 200 g/mol. The molecule has 3 N–H and O–H groups in total. The predicted molar refractivity (Wildman–Crippen MR) is 44.0 cm³/mol. The number of nitro groups is 1. The number of rotatable bonds is 2. The molecule has 0 fully saturated rings. The van der Waals surface area contributed by atoms with E-state index in [1.54, 1.807) is 17.3 Å². The van der Waals surface area contributed by atoms with E-state index in [1.807, 2.05) is 6.92 Å². The quantitative estimate of drug-likeness (QED) is 0.144. The summed E-state index contributed by atoms with van der Waals surface area (Å²) in [7, 11) is 0. The van der Waals surface area contributed by atoms with Gasteiger partial charge in [0.15, 0.2) is 5.03 Å². The lowest BCUT2D eigenvalue weighted by molar-refractivity contribution is -0.748. The van der Waals surface area contributed by atoms with Gasteiger partial charge in [-0.2, -0.15) is 5.26 Å². The minimum absolute atomic E-state index is 0.865. The van der Waals surface area contributed by atoms with E-state index in [0.717, 1.165) is 12.7 Å². The third-order valence-corrected chi connectivity index (χ3v) is 1.07. The van der Waals surface area contributed by atoms with Crippen molar-refractivity contribution >= 4 is 0 Å². The summed E-state index contributed by atoms with van der Waals surface area (Å²) >= 11 is 0. The van der Waals surface area contributed by atoms with Crippen molar-refractivity contribution in [2.45, 2.75) is 13.5 Å². The lowest BCUT2D eigenvalue weighted by Crippen LogP contribution is -2.33. The van der Waals surface area contributed by atoms with Crippen molar-refractivity contribution in [3.8, 4) is 6.19 Å². The van der Waals surface area contributed by atoms with Crippen LogP contribution in [0, 0.1) is 21.6 Å². The molecule has 0 bridgehead atoms. The fourth-order valence-electron chi connectivity index (χ4n) is 0.544. The third kappa shape index (κ3) is 5.30. The van der Waals surface area contributed by atoms with Gasteiger partial charge in [-0.05, 0) is 17.4 Å². The van der Waals surface area contributed by atoms with E-state index in [0.29, 0.717) is 0 Å². The Kier molecular flexibility index (Phi) is 5.13. The maximum atomic E-state index is 9.07. The van der Waals surface area contributed by atoms with Crippen LogP contribution in [0.3, 0.4) is 0 Å². The Balaban J connectivity index is 0.000000255. The van der Waals surface area contributed by atoms with Crippen LogP contribution in [0.4, 0.5) is 0 Å². The van der Waals surface area contributed by atoms with E-state index >= 15 is 0 Å². The molecule has 0 unspecified atom stereocenters. The first kappa shape index (κ1) is 11.6. The van der Waals surface area contributed by atoms with E-state index in [9.17, 15) is 0 Å².